The molecule has 1 aromatic heterocycles. The van der Waals surface area contributed by atoms with E-state index in [1.807, 2.05) is 0 Å². The number of carboxylic acids is 1. The Labute approximate surface area is 155 Å². The molecule has 146 valence electrons. The van der Waals surface area contributed by atoms with Gasteiger partial charge in [-0.15, -0.1) is 0 Å². The van der Waals surface area contributed by atoms with E-state index in [1.54, 1.807) is 30.3 Å². The molecule has 12 nitrogen and oxygen atoms in total. The third kappa shape index (κ3) is 4.75. The van der Waals surface area contributed by atoms with Crippen molar-refractivity contribution in [1.29, 1.82) is 0 Å². The van der Waals surface area contributed by atoms with Gasteiger partial charge in [-0.25, -0.2) is 4.79 Å². The van der Waals surface area contributed by atoms with Crippen LogP contribution in [0.15, 0.2) is 47.5 Å². The van der Waals surface area contributed by atoms with Gasteiger partial charge in [-0.1, -0.05) is 30.3 Å². The summed E-state index contributed by atoms with van der Waals surface area (Å²) < 4.78 is 5.67. The van der Waals surface area contributed by atoms with Crippen molar-refractivity contribution in [3.05, 3.63) is 78.7 Å². The smallest absolute Gasteiger partial charge is 0.339 e. The second-order valence-electron chi connectivity index (χ2n) is 5.53. The van der Waals surface area contributed by atoms with Gasteiger partial charge in [-0.2, -0.15) is 0 Å². The van der Waals surface area contributed by atoms with E-state index in [2.05, 4.69) is 0 Å². The molecule has 2 rings (SSSR count). The van der Waals surface area contributed by atoms with E-state index in [4.69, 9.17) is 9.84 Å². The van der Waals surface area contributed by atoms with Gasteiger partial charge < -0.3 is 14.4 Å². The number of aromatic nitrogens is 1. The monoisotopic (exact) mass is 391 g/mol. The van der Waals surface area contributed by atoms with Gasteiger partial charge in [-0.05, 0) is 5.56 Å². The summed E-state index contributed by atoms with van der Waals surface area (Å²) in [5.74, 6) is -2.54. The second-order valence-corrected chi connectivity index (χ2v) is 5.53. The summed E-state index contributed by atoms with van der Waals surface area (Å²) >= 11 is 0. The minimum absolute atomic E-state index is 0.208. The fourth-order valence-electron chi connectivity index (χ4n) is 2.31. The topological polar surface area (TPSA) is 172 Å². The van der Waals surface area contributed by atoms with E-state index in [9.17, 15) is 34.6 Å². The van der Waals surface area contributed by atoms with Gasteiger partial charge in [0, 0.05) is 0 Å². The number of ether oxygens (including phenoxy) is 1. The van der Waals surface area contributed by atoms with E-state index < -0.39 is 51.1 Å². The third-order valence-corrected chi connectivity index (χ3v) is 3.63. The van der Waals surface area contributed by atoms with Crippen LogP contribution >= 0.6 is 0 Å². The molecule has 0 aliphatic carbocycles. The molecule has 28 heavy (non-hydrogen) atoms. The molecule has 1 heterocycles. The van der Waals surface area contributed by atoms with Gasteiger partial charge in [0.2, 0.25) is 0 Å². The molecule has 2 aromatic rings. The zero-order valence-corrected chi connectivity index (χ0v) is 14.1. The maximum Gasteiger partial charge on any atom is 0.339 e. The van der Waals surface area contributed by atoms with Gasteiger partial charge in [0.25, 0.3) is 0 Å². The van der Waals surface area contributed by atoms with E-state index >= 15 is 0 Å². The highest BCUT2D eigenvalue weighted by Crippen LogP contribution is 2.20. The molecule has 0 aliphatic heterocycles. The molecule has 0 aliphatic rings. The summed E-state index contributed by atoms with van der Waals surface area (Å²) in [5, 5.41) is 31.1. The summed E-state index contributed by atoms with van der Waals surface area (Å²) in [6.07, 6.45) is 0.282. The minimum Gasteiger partial charge on any atom is -0.481 e. The van der Waals surface area contributed by atoms with Crippen LogP contribution < -0.4 is 5.43 Å². The normalized spacial score (nSPS) is 11.4. The van der Waals surface area contributed by atoms with Crippen LogP contribution in [0.3, 0.4) is 0 Å². The zero-order chi connectivity index (χ0) is 20.8. The van der Waals surface area contributed by atoms with Crippen LogP contribution in [0.1, 0.15) is 18.0 Å². The maximum atomic E-state index is 12.4. The molecule has 0 amide bonds. The first-order valence-electron chi connectivity index (χ1n) is 7.67. The highest BCUT2D eigenvalue weighted by atomic mass is 16.6. The molecule has 12 heteroatoms. The molecule has 0 spiro atoms. The molecule has 0 fully saturated rings. The van der Waals surface area contributed by atoms with Crippen molar-refractivity contribution in [2.45, 2.75) is 19.1 Å². The van der Waals surface area contributed by atoms with Crippen molar-refractivity contribution in [2.24, 2.45) is 0 Å². The molecule has 1 N–H and O–H groups in total. The number of nitrogens with zero attached hydrogens (tertiary/aromatic N) is 3. The number of hydrogen-bond acceptors (Lipinski definition) is 8. The number of carbonyl (C=O) groups excluding carboxylic acids is 1. The Bertz CT molecular complexity index is 946. The average molecular weight is 391 g/mol. The molecule has 0 unspecified atom stereocenters. The van der Waals surface area contributed by atoms with Gasteiger partial charge in [0.15, 0.2) is 0 Å². The largest absolute Gasteiger partial charge is 0.481 e. The van der Waals surface area contributed by atoms with Crippen LogP contribution in [-0.2, 0) is 20.9 Å². The number of benzene rings is 1. The standard InChI is InChI=1S/C16H13N3O9/c20-14(21)6-11(16(23)28-9-10-4-2-1-3-5-10)17-7-12(18(24)25)15(22)13(8-17)19(26)27/h1-5,7-8,11H,6,9H2,(H,20,21)/t11-/m0/s1. The van der Waals surface area contributed by atoms with E-state index in [0.717, 1.165) is 0 Å². The first kappa shape index (κ1) is 20.2. The Morgan fingerprint density at radius 2 is 1.61 bits per heavy atom. The fourth-order valence-corrected chi connectivity index (χ4v) is 2.31. The van der Waals surface area contributed by atoms with Crippen molar-refractivity contribution in [3.8, 4) is 0 Å². The van der Waals surface area contributed by atoms with Crippen molar-refractivity contribution in [3.63, 3.8) is 0 Å². The molecule has 0 saturated heterocycles. The van der Waals surface area contributed by atoms with Crippen LogP contribution in [0.25, 0.3) is 0 Å². The van der Waals surface area contributed by atoms with Crippen molar-refractivity contribution in [1.82, 2.24) is 4.57 Å². The zero-order valence-electron chi connectivity index (χ0n) is 14.1. The number of carbonyl (C=O) groups is 2. The van der Waals surface area contributed by atoms with Crippen molar-refractivity contribution < 1.29 is 29.3 Å². The Kier molecular flexibility index (Phi) is 6.16. The predicted molar refractivity (Wildman–Crippen MR) is 91.5 cm³/mol. The summed E-state index contributed by atoms with van der Waals surface area (Å²) in [6.45, 7) is -0.208. The quantitative estimate of drug-likeness (QED) is 0.397. The van der Waals surface area contributed by atoms with Crippen LogP contribution in [0.5, 0.6) is 0 Å². The predicted octanol–water partition coefficient (Wildman–Crippen LogP) is 1.42. The van der Waals surface area contributed by atoms with Gasteiger partial charge in [0.1, 0.15) is 12.6 Å². The van der Waals surface area contributed by atoms with E-state index in [0.29, 0.717) is 22.5 Å². The summed E-state index contributed by atoms with van der Waals surface area (Å²) in [7, 11) is 0. The molecule has 0 radical (unpaired) electrons. The lowest BCUT2D eigenvalue weighted by Crippen LogP contribution is -2.27. The summed E-state index contributed by atoms with van der Waals surface area (Å²) in [6, 6.07) is 6.75. The number of aliphatic carboxylic acids is 1. The third-order valence-electron chi connectivity index (χ3n) is 3.63. The highest BCUT2D eigenvalue weighted by molar-refractivity contribution is 5.80. The molecule has 0 bridgehead atoms. The van der Waals surface area contributed by atoms with Crippen LogP contribution in [0, 0.1) is 20.2 Å². The summed E-state index contributed by atoms with van der Waals surface area (Å²) in [4.78, 5) is 55.0. The average Bonchev–Trinajstić information content (AvgIpc) is 2.64. The van der Waals surface area contributed by atoms with Crippen LogP contribution in [0.2, 0.25) is 0 Å². The van der Waals surface area contributed by atoms with E-state index in [-0.39, 0.29) is 6.61 Å². The lowest BCUT2D eigenvalue weighted by Gasteiger charge is -2.17. The number of rotatable bonds is 8. The van der Waals surface area contributed by atoms with Crippen molar-refractivity contribution in [2.75, 3.05) is 0 Å². The lowest BCUT2D eigenvalue weighted by molar-refractivity contribution is -0.397. The first-order valence-corrected chi connectivity index (χ1v) is 7.67. The Balaban J connectivity index is 2.42. The number of pyridine rings is 1. The first-order chi connectivity index (χ1) is 13.2. The van der Waals surface area contributed by atoms with Gasteiger partial charge in [0.05, 0.1) is 28.7 Å². The molecule has 0 saturated carbocycles. The van der Waals surface area contributed by atoms with Gasteiger partial charge >= 0.3 is 28.7 Å². The molecular formula is C16H13N3O9. The van der Waals surface area contributed by atoms with Gasteiger partial charge in [-0.3, -0.25) is 29.8 Å². The summed E-state index contributed by atoms with van der Waals surface area (Å²) in [5.41, 5.74) is -3.19. The lowest BCUT2D eigenvalue weighted by atomic mass is 10.2. The maximum absolute atomic E-state index is 12.4. The Morgan fingerprint density at radius 1 is 1.07 bits per heavy atom. The highest BCUT2D eigenvalue weighted by Gasteiger charge is 2.31. The Morgan fingerprint density at radius 3 is 2.07 bits per heavy atom. The number of nitro groups is 2. The molecule has 1 aromatic carbocycles. The molecule has 1 atom stereocenters. The van der Waals surface area contributed by atoms with Crippen LogP contribution in [0.4, 0.5) is 11.4 Å². The number of esters is 1. The second kappa shape index (κ2) is 8.53. The molecular weight excluding hydrogens is 378 g/mol. The van der Waals surface area contributed by atoms with Crippen LogP contribution in [-0.4, -0.2) is 31.5 Å². The number of hydrogen-bond donors (Lipinski definition) is 1. The van der Waals surface area contributed by atoms with E-state index in [1.165, 1.54) is 0 Å². The fraction of sp³-hybridized carbons (Fsp3) is 0.188. The number of carboxylic acid groups (broad SMARTS) is 1. The van der Waals surface area contributed by atoms with Crippen molar-refractivity contribution >= 4 is 23.3 Å². The minimum atomic E-state index is -1.65. The Hall–Kier alpha value is -4.09. The SMILES string of the molecule is O=C(O)C[C@@H](C(=O)OCc1ccccc1)n1cc([N+](=O)[O-])c(=O)c([N+](=O)[O-])c1.